The number of likely N-dealkylation sites (N-methyl/N-ethyl adjacent to an activating group) is 1. The number of nitrogens with zero attached hydrogens (tertiary/aromatic N) is 3. The number of carbonyl (C=O) groups is 4. The smallest absolute Gasteiger partial charge is 0.246 e. The van der Waals surface area contributed by atoms with Crippen molar-refractivity contribution in [1.82, 2.24) is 30.7 Å². The van der Waals surface area contributed by atoms with Crippen LogP contribution in [0, 0.1) is 17.3 Å². The van der Waals surface area contributed by atoms with Crippen molar-refractivity contribution in [2.45, 2.75) is 109 Å². The van der Waals surface area contributed by atoms with E-state index in [0.29, 0.717) is 38.3 Å². The first-order chi connectivity index (χ1) is 25.0. The van der Waals surface area contributed by atoms with Crippen molar-refractivity contribution < 1.29 is 19.2 Å². The molecule has 2 aromatic carbocycles. The quantitative estimate of drug-likeness (QED) is 0.386. The Kier molecular flexibility index (Phi) is 10.8. The maximum absolute atomic E-state index is 14.7. The van der Waals surface area contributed by atoms with E-state index in [1.165, 1.54) is 17.5 Å². The van der Waals surface area contributed by atoms with Gasteiger partial charge in [0.2, 0.25) is 23.6 Å². The highest BCUT2D eigenvalue weighted by Gasteiger charge is 2.54. The molecule has 3 saturated heterocycles. The fourth-order valence-corrected chi connectivity index (χ4v) is 9.97. The van der Waals surface area contributed by atoms with Crippen LogP contribution < -0.4 is 16.0 Å². The second kappa shape index (κ2) is 15.3. The maximum Gasteiger partial charge on any atom is 0.246 e. The number of rotatable bonds is 8. The Morgan fingerprint density at radius 2 is 1.56 bits per heavy atom. The molecule has 280 valence electrons. The molecular weight excluding hydrogens is 652 g/mol. The summed E-state index contributed by atoms with van der Waals surface area (Å²) in [7, 11) is 1.72. The fourth-order valence-electron chi connectivity index (χ4n) is 9.97. The Morgan fingerprint density at radius 1 is 0.865 bits per heavy atom. The van der Waals surface area contributed by atoms with E-state index in [1.54, 1.807) is 18.9 Å². The van der Waals surface area contributed by atoms with Gasteiger partial charge in [-0.25, -0.2) is 0 Å². The maximum atomic E-state index is 14.7. The third-order valence-electron chi connectivity index (χ3n) is 12.9. The Morgan fingerprint density at radius 3 is 2.31 bits per heavy atom. The second-order valence-corrected chi connectivity index (χ2v) is 16.8. The molecule has 10 heteroatoms. The zero-order chi connectivity index (χ0) is 36.6. The Hall–Kier alpha value is -3.76. The summed E-state index contributed by atoms with van der Waals surface area (Å²) < 4.78 is 0. The summed E-state index contributed by atoms with van der Waals surface area (Å²) in [4.78, 5) is 62.5. The normalized spacial score (nSPS) is 29.3. The number of benzene rings is 2. The van der Waals surface area contributed by atoms with Crippen LogP contribution in [0.2, 0.25) is 0 Å². The Bertz CT molecular complexity index is 1650. The van der Waals surface area contributed by atoms with E-state index in [0.717, 1.165) is 62.9 Å². The summed E-state index contributed by atoms with van der Waals surface area (Å²) in [5, 5.41) is 9.29. The largest absolute Gasteiger partial charge is 0.347 e. The van der Waals surface area contributed by atoms with Gasteiger partial charge in [0.05, 0.1) is 18.0 Å². The van der Waals surface area contributed by atoms with Crippen LogP contribution in [0.1, 0.15) is 87.6 Å². The summed E-state index contributed by atoms with van der Waals surface area (Å²) in [6.45, 7) is 10.1. The minimum absolute atomic E-state index is 0.0717. The number of amides is 4. The molecule has 52 heavy (non-hydrogen) atoms. The summed E-state index contributed by atoms with van der Waals surface area (Å²) >= 11 is 0. The first-order valence-corrected chi connectivity index (χ1v) is 19.8. The Labute approximate surface area is 309 Å². The molecule has 0 unspecified atom stereocenters. The van der Waals surface area contributed by atoms with Crippen LogP contribution in [0.5, 0.6) is 0 Å². The van der Waals surface area contributed by atoms with Crippen LogP contribution in [0.25, 0.3) is 0 Å². The van der Waals surface area contributed by atoms with Crippen molar-refractivity contribution in [3.8, 4) is 0 Å². The lowest BCUT2D eigenvalue weighted by molar-refractivity contribution is -0.146. The van der Waals surface area contributed by atoms with E-state index in [2.05, 4.69) is 65.0 Å². The summed E-state index contributed by atoms with van der Waals surface area (Å²) in [6, 6.07) is 14.6. The predicted octanol–water partition coefficient (Wildman–Crippen LogP) is 3.63. The predicted molar refractivity (Wildman–Crippen MR) is 201 cm³/mol. The van der Waals surface area contributed by atoms with E-state index in [1.807, 2.05) is 23.1 Å². The van der Waals surface area contributed by atoms with E-state index in [-0.39, 0.29) is 35.6 Å². The number of hydrogen-bond acceptors (Lipinski definition) is 6. The molecule has 3 heterocycles. The Balaban J connectivity index is 1.05. The molecule has 5 aliphatic rings. The molecule has 4 amide bonds. The minimum atomic E-state index is -0.704. The van der Waals surface area contributed by atoms with Gasteiger partial charge in [-0.15, -0.1) is 0 Å². The van der Waals surface area contributed by atoms with Crippen molar-refractivity contribution in [2.75, 3.05) is 39.8 Å². The topological polar surface area (TPSA) is 114 Å². The average Bonchev–Trinajstić information content (AvgIpc) is 3.34. The van der Waals surface area contributed by atoms with Crippen molar-refractivity contribution >= 4 is 23.6 Å². The van der Waals surface area contributed by atoms with Crippen molar-refractivity contribution in [1.29, 1.82) is 0 Å². The van der Waals surface area contributed by atoms with Crippen LogP contribution in [0.4, 0.5) is 0 Å². The third-order valence-corrected chi connectivity index (χ3v) is 12.9. The van der Waals surface area contributed by atoms with Crippen LogP contribution in [0.15, 0.2) is 48.5 Å². The standard InChI is InChI=1S/C42H58N6O4/c1-27(43-4)38(49)44-35-15-9-13-32-25-42(2,3)37(48(32)41(35)52)39(50)45-36-33-14-8-7-11-30(33)18-19-34(36)40(51)47-22-20-46(21-23-47)26-28-16-17-29-10-5-6-12-31(29)24-28/h5-8,10-12,14,27-28,32,34-37,43H,9,13,15-26H2,1-4H3,(H,44,49)(H,45,50)/t27-,28+,32-,34+,35-,36-,37+/m0/s1. The highest BCUT2D eigenvalue weighted by Crippen LogP contribution is 2.45. The molecule has 0 saturated carbocycles. The van der Waals surface area contributed by atoms with Gasteiger partial charge in [-0.3, -0.25) is 24.1 Å². The van der Waals surface area contributed by atoms with Crippen molar-refractivity contribution in [2.24, 2.45) is 17.3 Å². The summed E-state index contributed by atoms with van der Waals surface area (Å²) in [5.41, 5.74) is 4.66. The van der Waals surface area contributed by atoms with Crippen LogP contribution >= 0.6 is 0 Å². The number of hydrogen-bond donors (Lipinski definition) is 3. The summed E-state index contributed by atoms with van der Waals surface area (Å²) in [5.74, 6) is -0.242. The number of aryl methyl sites for hydroxylation is 2. The second-order valence-electron chi connectivity index (χ2n) is 16.8. The van der Waals surface area contributed by atoms with Gasteiger partial charge in [-0.2, -0.15) is 0 Å². The molecule has 2 aliphatic carbocycles. The monoisotopic (exact) mass is 710 g/mol. The van der Waals surface area contributed by atoms with E-state index < -0.39 is 29.6 Å². The molecule has 3 N–H and O–H groups in total. The molecule has 0 radical (unpaired) electrons. The molecule has 7 atom stereocenters. The van der Waals surface area contributed by atoms with Gasteiger partial charge in [0.1, 0.15) is 12.1 Å². The zero-order valence-electron chi connectivity index (χ0n) is 31.5. The molecule has 0 bridgehead atoms. The molecular formula is C42H58N6O4. The van der Waals surface area contributed by atoms with Gasteiger partial charge in [-0.05, 0) is 105 Å². The zero-order valence-corrected chi connectivity index (χ0v) is 31.5. The number of fused-ring (bicyclic) bond motifs is 3. The first kappa shape index (κ1) is 36.6. The lowest BCUT2D eigenvalue weighted by atomic mass is 9.77. The number of piperazine rings is 1. The van der Waals surface area contributed by atoms with Gasteiger partial charge in [-0.1, -0.05) is 62.4 Å². The molecule has 0 aromatic heterocycles. The fraction of sp³-hybridized carbons (Fsp3) is 0.619. The lowest BCUT2D eigenvalue weighted by Gasteiger charge is -2.42. The number of carbonyl (C=O) groups excluding carboxylic acids is 4. The summed E-state index contributed by atoms with van der Waals surface area (Å²) in [6.07, 6.45) is 7.80. The molecule has 7 rings (SSSR count). The molecule has 3 fully saturated rings. The van der Waals surface area contributed by atoms with Gasteiger partial charge in [0.25, 0.3) is 0 Å². The van der Waals surface area contributed by atoms with Gasteiger partial charge in [0, 0.05) is 38.8 Å². The molecule has 10 nitrogen and oxygen atoms in total. The van der Waals surface area contributed by atoms with Crippen LogP contribution in [-0.2, 0) is 38.4 Å². The average molecular weight is 711 g/mol. The molecule has 2 aromatic rings. The van der Waals surface area contributed by atoms with Gasteiger partial charge in [0.15, 0.2) is 0 Å². The van der Waals surface area contributed by atoms with Crippen LogP contribution in [0.3, 0.4) is 0 Å². The van der Waals surface area contributed by atoms with E-state index in [9.17, 15) is 19.2 Å². The van der Waals surface area contributed by atoms with Crippen molar-refractivity contribution in [3.05, 3.63) is 70.8 Å². The van der Waals surface area contributed by atoms with Crippen LogP contribution in [-0.4, -0.2) is 102 Å². The third kappa shape index (κ3) is 7.38. The number of nitrogens with one attached hydrogen (secondary N) is 3. The van der Waals surface area contributed by atoms with Crippen molar-refractivity contribution in [3.63, 3.8) is 0 Å². The lowest BCUT2D eigenvalue weighted by Crippen LogP contribution is -2.59. The van der Waals surface area contributed by atoms with E-state index >= 15 is 0 Å². The van der Waals surface area contributed by atoms with Gasteiger partial charge >= 0.3 is 0 Å². The highest BCUT2D eigenvalue weighted by atomic mass is 16.2. The van der Waals surface area contributed by atoms with E-state index in [4.69, 9.17) is 0 Å². The first-order valence-electron chi connectivity index (χ1n) is 19.8. The minimum Gasteiger partial charge on any atom is -0.347 e. The highest BCUT2D eigenvalue weighted by molar-refractivity contribution is 5.94. The molecule has 3 aliphatic heterocycles. The van der Waals surface area contributed by atoms with Gasteiger partial charge < -0.3 is 25.8 Å². The SMILES string of the molecule is CN[C@@H](C)C(=O)N[C@H]1CCC[C@H]2CC(C)(C)[C@@H](C(=O)N[C@H]3c4ccccc4CC[C@H]3C(=O)N3CCN(C[C@@H]4CCc5ccccc5C4)CC3)N2C1=O. The molecule has 0 spiro atoms.